The molecule has 0 aromatic rings. The zero-order valence-electron chi connectivity index (χ0n) is 31.0. The van der Waals surface area contributed by atoms with Crippen molar-refractivity contribution in [1.82, 2.24) is 25.8 Å². The number of nitrogens with one attached hydrogen (secondary N) is 3. The Morgan fingerprint density at radius 3 is 1.96 bits per heavy atom. The van der Waals surface area contributed by atoms with Crippen LogP contribution in [0.5, 0.6) is 0 Å². The minimum atomic E-state index is -1.13. The second kappa shape index (κ2) is 16.6. The highest BCUT2D eigenvalue weighted by molar-refractivity contribution is 6.37. The number of amides is 6. The molecular formula is C34H62N6O7. The molecule has 1 fully saturated rings. The van der Waals surface area contributed by atoms with Gasteiger partial charge in [0.25, 0.3) is 5.91 Å². The normalized spacial score (nSPS) is 19.0. The number of primary amides is 1. The Kier molecular flexibility index (Phi) is 14.7. The minimum absolute atomic E-state index is 0.0319. The smallest absolute Gasteiger partial charge is 0.410 e. The van der Waals surface area contributed by atoms with Gasteiger partial charge in [0.15, 0.2) is 0 Å². The van der Waals surface area contributed by atoms with Gasteiger partial charge in [0.05, 0.1) is 6.04 Å². The number of carbonyl (C=O) groups is 6. The molecule has 13 nitrogen and oxygen atoms in total. The van der Waals surface area contributed by atoms with E-state index in [2.05, 4.69) is 16.0 Å². The van der Waals surface area contributed by atoms with E-state index in [1.807, 2.05) is 62.3 Å². The Morgan fingerprint density at radius 2 is 1.51 bits per heavy atom. The number of nitrogens with zero attached hydrogens (tertiary/aromatic N) is 2. The third-order valence-electron chi connectivity index (χ3n) is 8.09. The van der Waals surface area contributed by atoms with Crippen LogP contribution in [0.3, 0.4) is 0 Å². The predicted molar refractivity (Wildman–Crippen MR) is 181 cm³/mol. The first-order chi connectivity index (χ1) is 21.3. The first kappa shape index (κ1) is 41.6. The second-order valence-corrected chi connectivity index (χ2v) is 16.5. The average molecular weight is 667 g/mol. The van der Waals surface area contributed by atoms with E-state index in [4.69, 9.17) is 10.5 Å². The number of urea groups is 1. The molecule has 6 amide bonds. The summed E-state index contributed by atoms with van der Waals surface area (Å²) in [7, 11) is 1.61. The van der Waals surface area contributed by atoms with Gasteiger partial charge in [0.1, 0.15) is 17.7 Å². The Labute approximate surface area is 281 Å². The van der Waals surface area contributed by atoms with Gasteiger partial charge in [-0.05, 0) is 62.7 Å². The van der Waals surface area contributed by atoms with Crippen LogP contribution in [0.15, 0.2) is 0 Å². The van der Waals surface area contributed by atoms with Crippen LogP contribution in [0, 0.1) is 22.7 Å². The van der Waals surface area contributed by atoms with Crippen molar-refractivity contribution in [1.29, 1.82) is 0 Å². The predicted octanol–water partition coefficient (Wildman–Crippen LogP) is 3.58. The third-order valence-corrected chi connectivity index (χ3v) is 8.09. The monoisotopic (exact) mass is 666 g/mol. The summed E-state index contributed by atoms with van der Waals surface area (Å²) in [5, 5.41) is 8.52. The maximum absolute atomic E-state index is 14.3. The van der Waals surface area contributed by atoms with Crippen molar-refractivity contribution in [2.45, 2.75) is 139 Å². The molecule has 0 aliphatic carbocycles. The van der Waals surface area contributed by atoms with Crippen LogP contribution in [0.25, 0.3) is 0 Å². The van der Waals surface area contributed by atoms with Crippen molar-refractivity contribution >= 4 is 35.6 Å². The first-order valence-corrected chi connectivity index (χ1v) is 16.7. The number of rotatable bonds is 13. The van der Waals surface area contributed by atoms with Gasteiger partial charge < -0.3 is 36.2 Å². The lowest BCUT2D eigenvalue weighted by molar-refractivity contribution is -0.144. The molecule has 0 aromatic heterocycles. The first-order valence-electron chi connectivity index (χ1n) is 16.7. The molecule has 5 atom stereocenters. The standard InChI is InChI=1S/C34H62N6O7/c1-14-15-23(25(41)27(35)42)37-28(43)24-22(20(2)3)16-17-40(24)29(44)26(33(7,8)9)38-30(45)36-21(18-32(4,5)6)19-39(13)31(46)47-34(10,11)12/h20-24,26H,14-19H2,1-13H3,(H2,35,42)(H,37,43)(H2,36,38,45)/t21-,22+,23?,24-,26+/m0/s1. The topological polar surface area (TPSA) is 180 Å². The van der Waals surface area contributed by atoms with Crippen molar-refractivity contribution in [3.8, 4) is 0 Å². The van der Waals surface area contributed by atoms with Crippen LogP contribution < -0.4 is 21.7 Å². The minimum Gasteiger partial charge on any atom is -0.444 e. The molecule has 13 heteroatoms. The molecule has 1 heterocycles. The van der Waals surface area contributed by atoms with Gasteiger partial charge in [-0.25, -0.2) is 9.59 Å². The maximum atomic E-state index is 14.3. The number of Topliss-reactive ketones (excluding diaryl/α,β-unsaturated/α-hetero) is 1. The van der Waals surface area contributed by atoms with E-state index < -0.39 is 70.8 Å². The fourth-order valence-corrected chi connectivity index (χ4v) is 5.90. The summed E-state index contributed by atoms with van der Waals surface area (Å²) in [5.74, 6) is -3.15. The van der Waals surface area contributed by atoms with E-state index in [1.165, 1.54) is 9.80 Å². The molecule has 47 heavy (non-hydrogen) atoms. The molecular weight excluding hydrogens is 604 g/mol. The lowest BCUT2D eigenvalue weighted by Crippen LogP contribution is -2.61. The number of ether oxygens (including phenoxy) is 1. The van der Waals surface area contributed by atoms with E-state index in [1.54, 1.807) is 27.8 Å². The summed E-state index contributed by atoms with van der Waals surface area (Å²) in [4.78, 5) is 81.3. The van der Waals surface area contributed by atoms with Crippen LogP contribution in [0.2, 0.25) is 0 Å². The summed E-state index contributed by atoms with van der Waals surface area (Å²) in [6, 6.07) is -4.05. The Bertz CT molecular complexity index is 1140. The second-order valence-electron chi connectivity index (χ2n) is 16.5. The highest BCUT2D eigenvalue weighted by atomic mass is 16.6. The highest BCUT2D eigenvalue weighted by Gasteiger charge is 2.47. The molecule has 0 saturated carbocycles. The zero-order valence-corrected chi connectivity index (χ0v) is 31.0. The number of ketones is 1. The largest absolute Gasteiger partial charge is 0.444 e. The Hall–Kier alpha value is -3.38. The molecule has 1 rings (SSSR count). The summed E-state index contributed by atoms with van der Waals surface area (Å²) >= 11 is 0. The zero-order chi connectivity index (χ0) is 36.7. The fraction of sp³-hybridized carbons (Fsp3) is 0.824. The van der Waals surface area contributed by atoms with Crippen molar-refractivity contribution in [3.63, 3.8) is 0 Å². The highest BCUT2D eigenvalue weighted by Crippen LogP contribution is 2.33. The number of hydrogen-bond acceptors (Lipinski definition) is 7. The van der Waals surface area contributed by atoms with E-state index >= 15 is 0 Å². The molecule has 1 aliphatic rings. The molecule has 270 valence electrons. The summed E-state index contributed by atoms with van der Waals surface area (Å²) in [5.41, 5.74) is 3.62. The van der Waals surface area contributed by atoms with Crippen molar-refractivity contribution in [3.05, 3.63) is 0 Å². The molecule has 1 aliphatic heterocycles. The molecule has 0 radical (unpaired) electrons. The molecule has 0 spiro atoms. The molecule has 1 saturated heterocycles. The maximum Gasteiger partial charge on any atom is 0.410 e. The third kappa shape index (κ3) is 13.3. The van der Waals surface area contributed by atoms with Gasteiger partial charge in [0.2, 0.25) is 17.6 Å². The molecule has 0 aromatic carbocycles. The summed E-state index contributed by atoms with van der Waals surface area (Å²) in [6.07, 6.45) is 1.33. The number of nitrogens with two attached hydrogens (primary N) is 1. The van der Waals surface area contributed by atoms with Gasteiger partial charge in [0, 0.05) is 26.2 Å². The van der Waals surface area contributed by atoms with Gasteiger partial charge in [-0.15, -0.1) is 0 Å². The van der Waals surface area contributed by atoms with Gasteiger partial charge in [-0.1, -0.05) is 68.7 Å². The Balaban J connectivity index is 3.30. The number of hydrogen-bond donors (Lipinski definition) is 4. The Morgan fingerprint density at radius 1 is 0.936 bits per heavy atom. The van der Waals surface area contributed by atoms with Gasteiger partial charge in [-0.2, -0.15) is 0 Å². The van der Waals surface area contributed by atoms with E-state index in [9.17, 15) is 28.8 Å². The quantitative estimate of drug-likeness (QED) is 0.217. The van der Waals surface area contributed by atoms with E-state index in [0.717, 1.165) is 0 Å². The fourth-order valence-electron chi connectivity index (χ4n) is 5.90. The number of likely N-dealkylation sites (N-methyl/N-ethyl adjacent to an activating group) is 1. The van der Waals surface area contributed by atoms with Crippen LogP contribution in [0.4, 0.5) is 9.59 Å². The van der Waals surface area contributed by atoms with E-state index in [-0.39, 0.29) is 36.8 Å². The lowest BCUT2D eigenvalue weighted by Gasteiger charge is -2.37. The molecule has 1 unspecified atom stereocenters. The van der Waals surface area contributed by atoms with Crippen molar-refractivity contribution in [2.75, 3.05) is 20.1 Å². The molecule has 5 N–H and O–H groups in total. The van der Waals surface area contributed by atoms with Crippen LogP contribution in [0.1, 0.15) is 109 Å². The number of carbonyl (C=O) groups excluding carboxylic acids is 6. The van der Waals surface area contributed by atoms with Crippen LogP contribution in [-0.2, 0) is 23.9 Å². The average Bonchev–Trinajstić information content (AvgIpc) is 3.34. The van der Waals surface area contributed by atoms with Crippen molar-refractivity contribution in [2.24, 2.45) is 28.4 Å². The van der Waals surface area contributed by atoms with Gasteiger partial charge >= 0.3 is 12.1 Å². The van der Waals surface area contributed by atoms with E-state index in [0.29, 0.717) is 19.3 Å². The summed E-state index contributed by atoms with van der Waals surface area (Å²) in [6.45, 7) is 23.1. The summed E-state index contributed by atoms with van der Waals surface area (Å²) < 4.78 is 5.48. The lowest BCUT2D eigenvalue weighted by atomic mass is 9.84. The van der Waals surface area contributed by atoms with Crippen LogP contribution in [-0.4, -0.2) is 95.3 Å². The molecule has 0 bridgehead atoms. The van der Waals surface area contributed by atoms with Gasteiger partial charge in [-0.3, -0.25) is 19.2 Å². The SMILES string of the molecule is CCCC(NC(=O)[C@@H]1[C@@H](C(C)C)CCN1C(=O)[C@@H](NC(=O)N[C@H](CN(C)C(=O)OC(C)(C)C)CC(C)(C)C)C(C)(C)C)C(=O)C(N)=O. The number of likely N-dealkylation sites (tertiary alicyclic amines) is 1. The van der Waals surface area contributed by atoms with Crippen molar-refractivity contribution < 1.29 is 33.5 Å². The van der Waals surface area contributed by atoms with Crippen LogP contribution >= 0.6 is 0 Å².